The predicted octanol–water partition coefficient (Wildman–Crippen LogP) is 2.59. The molecule has 5 nitrogen and oxygen atoms in total. The van der Waals surface area contributed by atoms with E-state index in [2.05, 4.69) is 34.4 Å². The van der Waals surface area contributed by atoms with E-state index in [1.165, 1.54) is 0 Å². The first kappa shape index (κ1) is 14.1. The fourth-order valence-corrected chi connectivity index (χ4v) is 2.32. The molecule has 5 heteroatoms. The molecule has 1 fully saturated rings. The van der Waals surface area contributed by atoms with Gasteiger partial charge >= 0.3 is 0 Å². The van der Waals surface area contributed by atoms with Crippen molar-refractivity contribution in [3.8, 4) is 0 Å². The quantitative estimate of drug-likeness (QED) is 0.856. The highest BCUT2D eigenvalue weighted by molar-refractivity contribution is 5.57. The zero-order valence-electron chi connectivity index (χ0n) is 12.1. The molecule has 1 aromatic rings. The van der Waals surface area contributed by atoms with Crippen molar-refractivity contribution >= 4 is 11.6 Å². The molecule has 2 rings (SSSR count). The maximum Gasteiger partial charge on any atom is 0.134 e. The molecule has 0 radical (unpaired) electrons. The van der Waals surface area contributed by atoms with E-state index in [9.17, 15) is 0 Å². The Morgan fingerprint density at radius 2 is 2.16 bits per heavy atom. The average molecular weight is 264 g/mol. The van der Waals surface area contributed by atoms with Crippen LogP contribution < -0.4 is 10.6 Å². The highest BCUT2D eigenvalue weighted by Crippen LogP contribution is 2.26. The zero-order valence-corrected chi connectivity index (χ0v) is 12.1. The molecular formula is C14H24N4O. The van der Waals surface area contributed by atoms with Gasteiger partial charge in [0.05, 0.1) is 12.1 Å². The number of nitrogens with one attached hydrogen (secondary N) is 2. The normalized spacial score (nSPS) is 23.1. The first-order valence-electron chi connectivity index (χ1n) is 7.06. The molecule has 0 amide bonds. The van der Waals surface area contributed by atoms with Gasteiger partial charge in [-0.05, 0) is 33.1 Å². The molecule has 0 aliphatic carbocycles. The summed E-state index contributed by atoms with van der Waals surface area (Å²) in [6, 6.07) is 0. The lowest BCUT2D eigenvalue weighted by atomic mass is 9.95. The van der Waals surface area contributed by atoms with Crippen LogP contribution in [0.2, 0.25) is 0 Å². The Morgan fingerprint density at radius 3 is 2.84 bits per heavy atom. The van der Waals surface area contributed by atoms with Gasteiger partial charge in [-0.2, -0.15) is 0 Å². The van der Waals surface area contributed by atoms with Gasteiger partial charge in [0, 0.05) is 18.7 Å². The maximum atomic E-state index is 5.57. The van der Waals surface area contributed by atoms with Crippen molar-refractivity contribution < 1.29 is 4.74 Å². The third kappa shape index (κ3) is 3.56. The minimum atomic E-state index is -0.0284. The molecule has 1 aliphatic heterocycles. The second kappa shape index (κ2) is 6.19. The smallest absolute Gasteiger partial charge is 0.134 e. The first-order valence-corrected chi connectivity index (χ1v) is 7.06. The van der Waals surface area contributed by atoms with Crippen LogP contribution >= 0.6 is 0 Å². The highest BCUT2D eigenvalue weighted by Gasteiger charge is 2.28. The average Bonchev–Trinajstić information content (AvgIpc) is 2.40. The molecule has 0 spiro atoms. The summed E-state index contributed by atoms with van der Waals surface area (Å²) in [7, 11) is 0. The van der Waals surface area contributed by atoms with E-state index >= 15 is 0 Å². The maximum absolute atomic E-state index is 5.57. The molecule has 1 saturated heterocycles. The summed E-state index contributed by atoms with van der Waals surface area (Å²) in [6.45, 7) is 8.90. The molecule has 1 aliphatic rings. The van der Waals surface area contributed by atoms with Crippen LogP contribution in [0.25, 0.3) is 0 Å². The lowest BCUT2D eigenvalue weighted by molar-refractivity contribution is 0.0538. The predicted molar refractivity (Wildman–Crippen MR) is 77.6 cm³/mol. The molecule has 19 heavy (non-hydrogen) atoms. The van der Waals surface area contributed by atoms with Crippen molar-refractivity contribution in [1.29, 1.82) is 0 Å². The largest absolute Gasteiger partial charge is 0.379 e. The van der Waals surface area contributed by atoms with Gasteiger partial charge in [-0.3, -0.25) is 0 Å². The van der Waals surface area contributed by atoms with Gasteiger partial charge in [-0.1, -0.05) is 6.92 Å². The van der Waals surface area contributed by atoms with Crippen molar-refractivity contribution in [1.82, 2.24) is 9.97 Å². The van der Waals surface area contributed by atoms with Crippen LogP contribution in [0.3, 0.4) is 0 Å². The second-order valence-electron chi connectivity index (χ2n) is 5.46. The summed E-state index contributed by atoms with van der Waals surface area (Å²) >= 11 is 0. The summed E-state index contributed by atoms with van der Waals surface area (Å²) in [5.41, 5.74) is 1.04. The van der Waals surface area contributed by atoms with E-state index in [1.807, 2.05) is 6.92 Å². The number of anilines is 2. The molecule has 0 bridgehead atoms. The summed E-state index contributed by atoms with van der Waals surface area (Å²) < 4.78 is 5.57. The van der Waals surface area contributed by atoms with E-state index in [0.29, 0.717) is 0 Å². The Kier molecular flexibility index (Phi) is 4.58. The van der Waals surface area contributed by atoms with Crippen molar-refractivity contribution in [3.05, 3.63) is 11.9 Å². The van der Waals surface area contributed by atoms with Crippen molar-refractivity contribution in [2.24, 2.45) is 0 Å². The Labute approximate surface area is 115 Å². The molecule has 0 saturated carbocycles. The third-order valence-electron chi connectivity index (χ3n) is 3.48. The van der Waals surface area contributed by atoms with Gasteiger partial charge in [0.25, 0.3) is 0 Å². The van der Waals surface area contributed by atoms with E-state index < -0.39 is 0 Å². The Bertz CT molecular complexity index is 416. The van der Waals surface area contributed by atoms with E-state index in [4.69, 9.17) is 4.74 Å². The van der Waals surface area contributed by atoms with Crippen LogP contribution in [-0.2, 0) is 4.74 Å². The number of rotatable bonds is 5. The van der Waals surface area contributed by atoms with E-state index in [-0.39, 0.29) is 5.54 Å². The minimum absolute atomic E-state index is 0.0284. The number of hydrogen-bond acceptors (Lipinski definition) is 5. The molecule has 0 aromatic carbocycles. The van der Waals surface area contributed by atoms with Crippen LogP contribution in [0.15, 0.2) is 6.33 Å². The van der Waals surface area contributed by atoms with E-state index in [0.717, 1.165) is 56.2 Å². The van der Waals surface area contributed by atoms with Gasteiger partial charge in [-0.25, -0.2) is 9.97 Å². The molecule has 106 valence electrons. The molecule has 1 atom stereocenters. The van der Waals surface area contributed by atoms with Crippen LogP contribution in [0.1, 0.15) is 38.7 Å². The molecule has 2 heterocycles. The minimum Gasteiger partial charge on any atom is -0.379 e. The summed E-state index contributed by atoms with van der Waals surface area (Å²) in [4.78, 5) is 8.67. The SMILES string of the molecule is CCCNc1ncnc(NC2(C)CCCOC2)c1C. The van der Waals surface area contributed by atoms with Crippen LogP contribution in [0, 0.1) is 6.92 Å². The Balaban J connectivity index is 2.11. The first-order chi connectivity index (χ1) is 9.14. The summed E-state index contributed by atoms with van der Waals surface area (Å²) in [5, 5.41) is 6.86. The topological polar surface area (TPSA) is 59.1 Å². The highest BCUT2D eigenvalue weighted by atomic mass is 16.5. The van der Waals surface area contributed by atoms with Gasteiger partial charge in [0.2, 0.25) is 0 Å². The second-order valence-corrected chi connectivity index (χ2v) is 5.46. The van der Waals surface area contributed by atoms with E-state index in [1.54, 1.807) is 6.33 Å². The van der Waals surface area contributed by atoms with Crippen LogP contribution in [0.4, 0.5) is 11.6 Å². The molecular weight excluding hydrogens is 240 g/mol. The van der Waals surface area contributed by atoms with Gasteiger partial charge in [0.15, 0.2) is 0 Å². The summed E-state index contributed by atoms with van der Waals surface area (Å²) in [6.07, 6.45) is 4.89. The zero-order chi connectivity index (χ0) is 13.7. The monoisotopic (exact) mass is 264 g/mol. The number of aromatic nitrogens is 2. The van der Waals surface area contributed by atoms with Crippen molar-refractivity contribution in [3.63, 3.8) is 0 Å². The lowest BCUT2D eigenvalue weighted by Crippen LogP contribution is -2.43. The van der Waals surface area contributed by atoms with Gasteiger partial charge in [-0.15, -0.1) is 0 Å². The third-order valence-corrected chi connectivity index (χ3v) is 3.48. The van der Waals surface area contributed by atoms with Crippen molar-refractivity contribution in [2.75, 3.05) is 30.4 Å². The summed E-state index contributed by atoms with van der Waals surface area (Å²) in [5.74, 6) is 1.82. The number of ether oxygens (including phenoxy) is 1. The molecule has 2 N–H and O–H groups in total. The number of hydrogen-bond donors (Lipinski definition) is 2. The fraction of sp³-hybridized carbons (Fsp3) is 0.714. The number of nitrogens with zero attached hydrogens (tertiary/aromatic N) is 2. The van der Waals surface area contributed by atoms with Crippen LogP contribution in [0.5, 0.6) is 0 Å². The Hall–Kier alpha value is -1.36. The van der Waals surface area contributed by atoms with Crippen molar-refractivity contribution in [2.45, 2.75) is 45.6 Å². The fourth-order valence-electron chi connectivity index (χ4n) is 2.32. The molecule has 1 aromatic heterocycles. The van der Waals surface area contributed by atoms with Gasteiger partial charge in [0.1, 0.15) is 18.0 Å². The lowest BCUT2D eigenvalue weighted by Gasteiger charge is -2.35. The standard InChI is InChI=1S/C14H24N4O/c1-4-7-15-12-11(2)13(17-10-16-12)18-14(3)6-5-8-19-9-14/h10H,4-9H2,1-3H3,(H2,15,16,17,18). The van der Waals surface area contributed by atoms with Crippen LogP contribution in [-0.4, -0.2) is 35.3 Å². The van der Waals surface area contributed by atoms with Gasteiger partial charge < -0.3 is 15.4 Å². The molecule has 1 unspecified atom stereocenters. The Morgan fingerprint density at radius 1 is 1.37 bits per heavy atom.